The summed E-state index contributed by atoms with van der Waals surface area (Å²) in [6.45, 7) is 10.7. The molecule has 2 fully saturated rings. The minimum atomic E-state index is 0.237. The first kappa shape index (κ1) is 16.1. The van der Waals surface area contributed by atoms with Crippen molar-refractivity contribution in [2.75, 3.05) is 31.2 Å². The van der Waals surface area contributed by atoms with Gasteiger partial charge in [0.25, 0.3) is 0 Å². The average molecular weight is 321 g/mol. The van der Waals surface area contributed by atoms with Gasteiger partial charge in [-0.05, 0) is 32.4 Å². The van der Waals surface area contributed by atoms with E-state index in [1.807, 2.05) is 6.20 Å². The Kier molecular flexibility index (Phi) is 4.95. The van der Waals surface area contributed by atoms with Crippen LogP contribution in [0.5, 0.6) is 0 Å². The van der Waals surface area contributed by atoms with Crippen molar-refractivity contribution in [3.05, 3.63) is 24.0 Å². The van der Waals surface area contributed by atoms with Crippen molar-refractivity contribution in [3.8, 4) is 0 Å². The number of nitrogens with zero attached hydrogens (tertiary/aromatic N) is 3. The lowest BCUT2D eigenvalue weighted by atomic mass is 10.0. The van der Waals surface area contributed by atoms with Gasteiger partial charge in [0.2, 0.25) is 0 Å². The maximum atomic E-state index is 5.36. The van der Waals surface area contributed by atoms with E-state index >= 15 is 0 Å². The molecular weight excluding hydrogens is 294 g/mol. The Morgan fingerprint density at radius 1 is 1.27 bits per heavy atom. The van der Waals surface area contributed by atoms with E-state index in [1.165, 1.54) is 5.69 Å². The number of pyridine rings is 1. The molecule has 0 saturated carbocycles. The number of rotatable bonds is 4. The van der Waals surface area contributed by atoms with E-state index in [0.717, 1.165) is 38.4 Å². The summed E-state index contributed by atoms with van der Waals surface area (Å²) in [5.41, 5.74) is 2.30. The molecule has 2 aliphatic rings. The zero-order valence-corrected chi connectivity index (χ0v) is 14.7. The molecule has 2 aliphatic heterocycles. The van der Waals surface area contributed by atoms with Crippen molar-refractivity contribution >= 4 is 18.3 Å². The normalized spacial score (nSPS) is 28.5. The molecule has 0 spiro atoms. The molecule has 1 aromatic rings. The summed E-state index contributed by atoms with van der Waals surface area (Å²) in [5.74, 6) is 0. The van der Waals surface area contributed by atoms with Crippen LogP contribution in [0.15, 0.2) is 18.3 Å². The summed E-state index contributed by atoms with van der Waals surface area (Å²) < 4.78 is 5.36. The minimum Gasteiger partial charge on any atom is -0.378 e. The Morgan fingerprint density at radius 3 is 2.59 bits per heavy atom. The third-order valence-corrected chi connectivity index (χ3v) is 5.58. The van der Waals surface area contributed by atoms with Crippen molar-refractivity contribution in [2.24, 2.45) is 0 Å². The highest BCUT2D eigenvalue weighted by Gasteiger charge is 2.36. The summed E-state index contributed by atoms with van der Waals surface area (Å²) >= 11 is 4.57. The second-order valence-corrected chi connectivity index (χ2v) is 7.23. The molecular formula is C17H27N3OS. The molecule has 1 aromatic heterocycles. The molecule has 122 valence electrons. The van der Waals surface area contributed by atoms with Gasteiger partial charge in [-0.1, -0.05) is 6.92 Å². The van der Waals surface area contributed by atoms with E-state index in [1.54, 1.807) is 0 Å². The van der Waals surface area contributed by atoms with Crippen molar-refractivity contribution in [3.63, 3.8) is 0 Å². The summed E-state index contributed by atoms with van der Waals surface area (Å²) in [6.07, 6.45) is 3.02. The monoisotopic (exact) mass is 321 g/mol. The molecule has 3 rings (SSSR count). The molecule has 0 N–H and O–H groups in total. The highest BCUT2D eigenvalue weighted by Crippen LogP contribution is 2.28. The molecule has 3 unspecified atom stereocenters. The van der Waals surface area contributed by atoms with Gasteiger partial charge in [-0.15, -0.1) is 0 Å². The van der Waals surface area contributed by atoms with Crippen LogP contribution >= 0.6 is 12.6 Å². The molecule has 0 aliphatic carbocycles. The van der Waals surface area contributed by atoms with Crippen LogP contribution in [0.1, 0.15) is 38.1 Å². The van der Waals surface area contributed by atoms with Crippen LogP contribution in [0.4, 0.5) is 5.69 Å². The van der Waals surface area contributed by atoms with Crippen molar-refractivity contribution < 1.29 is 4.74 Å². The van der Waals surface area contributed by atoms with Gasteiger partial charge in [-0.25, -0.2) is 0 Å². The molecule has 0 aromatic carbocycles. The molecule has 0 amide bonds. The number of aromatic nitrogens is 1. The Labute approximate surface area is 139 Å². The predicted octanol–water partition coefficient (Wildman–Crippen LogP) is 2.76. The van der Waals surface area contributed by atoms with E-state index in [4.69, 9.17) is 4.74 Å². The molecule has 4 nitrogen and oxygen atoms in total. The van der Waals surface area contributed by atoms with Gasteiger partial charge in [0.15, 0.2) is 0 Å². The van der Waals surface area contributed by atoms with Gasteiger partial charge in [0, 0.05) is 30.4 Å². The highest BCUT2D eigenvalue weighted by atomic mass is 32.1. The van der Waals surface area contributed by atoms with Crippen molar-refractivity contribution in [1.82, 2.24) is 9.88 Å². The molecule has 3 heterocycles. The van der Waals surface area contributed by atoms with Crippen LogP contribution in [0.25, 0.3) is 0 Å². The number of hydrogen-bond acceptors (Lipinski definition) is 5. The Bertz CT molecular complexity index is 491. The summed E-state index contributed by atoms with van der Waals surface area (Å²) in [7, 11) is 0. The lowest BCUT2D eigenvalue weighted by Gasteiger charge is -2.50. The first-order valence-electron chi connectivity index (χ1n) is 8.34. The van der Waals surface area contributed by atoms with Crippen LogP contribution in [0.2, 0.25) is 0 Å². The molecule has 3 atom stereocenters. The number of ether oxygens (including phenoxy) is 1. The maximum Gasteiger partial charge on any atom is 0.0645 e. The fraction of sp³-hybridized carbons (Fsp3) is 0.706. The highest BCUT2D eigenvalue weighted by molar-refractivity contribution is 7.80. The van der Waals surface area contributed by atoms with Gasteiger partial charge in [-0.3, -0.25) is 9.88 Å². The molecule has 2 saturated heterocycles. The molecule has 22 heavy (non-hydrogen) atoms. The Balaban J connectivity index is 1.69. The second-order valence-electron chi connectivity index (χ2n) is 6.60. The van der Waals surface area contributed by atoms with E-state index in [0.29, 0.717) is 18.1 Å². The number of thiol groups is 1. The SMILES string of the molecule is CCC(S)c1ccc(N2CC(C)N(C3COC3)CC2C)cn1. The van der Waals surface area contributed by atoms with Crippen LogP contribution in [0, 0.1) is 0 Å². The van der Waals surface area contributed by atoms with E-state index < -0.39 is 0 Å². The standard InChI is InChI=1S/C17H27N3OS/c1-4-17(22)16-6-5-14(7-18-16)19-8-13(3)20(9-12(19)2)15-10-21-11-15/h5-7,12-13,15,17,22H,4,8-11H2,1-3H3. The fourth-order valence-corrected chi connectivity index (χ4v) is 3.56. The van der Waals surface area contributed by atoms with E-state index in [9.17, 15) is 0 Å². The third kappa shape index (κ3) is 3.12. The first-order valence-corrected chi connectivity index (χ1v) is 8.86. The van der Waals surface area contributed by atoms with Crippen LogP contribution in [-0.2, 0) is 4.74 Å². The lowest BCUT2D eigenvalue weighted by Crippen LogP contribution is -2.63. The third-order valence-electron chi connectivity index (χ3n) is 4.95. The van der Waals surface area contributed by atoms with Crippen LogP contribution < -0.4 is 4.90 Å². The maximum absolute atomic E-state index is 5.36. The predicted molar refractivity (Wildman–Crippen MR) is 93.8 cm³/mol. The number of anilines is 1. The number of hydrogen-bond donors (Lipinski definition) is 1. The van der Waals surface area contributed by atoms with Crippen LogP contribution in [-0.4, -0.2) is 54.3 Å². The average Bonchev–Trinajstić information content (AvgIpc) is 2.48. The van der Waals surface area contributed by atoms with Gasteiger partial charge < -0.3 is 9.64 Å². The quantitative estimate of drug-likeness (QED) is 0.863. The first-order chi connectivity index (χ1) is 10.6. The topological polar surface area (TPSA) is 28.6 Å². The van der Waals surface area contributed by atoms with Crippen LogP contribution in [0.3, 0.4) is 0 Å². The molecule has 0 bridgehead atoms. The summed E-state index contributed by atoms with van der Waals surface area (Å²) in [4.78, 5) is 9.70. The van der Waals surface area contributed by atoms with Gasteiger partial charge in [-0.2, -0.15) is 12.6 Å². The largest absolute Gasteiger partial charge is 0.378 e. The Hall–Kier alpha value is -0.780. The van der Waals surface area contributed by atoms with E-state index in [2.05, 4.69) is 60.3 Å². The number of piperazine rings is 1. The summed E-state index contributed by atoms with van der Waals surface area (Å²) in [6, 6.07) is 6.00. The van der Waals surface area contributed by atoms with Gasteiger partial charge >= 0.3 is 0 Å². The molecule has 0 radical (unpaired) electrons. The van der Waals surface area contributed by atoms with Gasteiger partial charge in [0.05, 0.1) is 36.8 Å². The zero-order valence-electron chi connectivity index (χ0n) is 13.8. The van der Waals surface area contributed by atoms with Crippen molar-refractivity contribution in [2.45, 2.75) is 50.6 Å². The van der Waals surface area contributed by atoms with Crippen molar-refractivity contribution in [1.29, 1.82) is 0 Å². The lowest BCUT2D eigenvalue weighted by molar-refractivity contribution is -0.0828. The summed E-state index contributed by atoms with van der Waals surface area (Å²) in [5, 5.41) is 0.237. The fourth-order valence-electron chi connectivity index (χ4n) is 3.41. The zero-order chi connectivity index (χ0) is 15.7. The van der Waals surface area contributed by atoms with Gasteiger partial charge in [0.1, 0.15) is 0 Å². The Morgan fingerprint density at radius 2 is 2.05 bits per heavy atom. The second kappa shape index (κ2) is 6.77. The van der Waals surface area contributed by atoms with E-state index in [-0.39, 0.29) is 5.25 Å². The molecule has 5 heteroatoms. The minimum absolute atomic E-state index is 0.237. The smallest absolute Gasteiger partial charge is 0.0645 e.